The molecule has 0 saturated heterocycles. The van der Waals surface area contributed by atoms with Gasteiger partial charge in [-0.1, -0.05) is 18.7 Å². The molecule has 12 heavy (non-hydrogen) atoms. The molecule has 0 aliphatic carbocycles. The number of rotatable bonds is 4. The van der Waals surface area contributed by atoms with Gasteiger partial charge in [-0.2, -0.15) is 0 Å². The lowest BCUT2D eigenvalue weighted by molar-refractivity contribution is 0.760. The third-order valence-corrected chi connectivity index (χ3v) is 3.14. The van der Waals surface area contributed by atoms with E-state index < -0.39 is 0 Å². The topological polar surface area (TPSA) is 17.8 Å². The van der Waals surface area contributed by atoms with E-state index in [0.717, 1.165) is 16.6 Å². The molecule has 0 N–H and O–H groups in total. The number of aromatic nitrogens is 2. The summed E-state index contributed by atoms with van der Waals surface area (Å²) in [6.07, 6.45) is 3.01. The van der Waals surface area contributed by atoms with Crippen LogP contribution in [0.3, 0.4) is 0 Å². The maximum Gasteiger partial charge on any atom is 0.167 e. The summed E-state index contributed by atoms with van der Waals surface area (Å²) in [5.41, 5.74) is 1.08. The Hall–Kier alpha value is -0.150. The number of hydrogen-bond donors (Lipinski definition) is 0. The van der Waals surface area contributed by atoms with Gasteiger partial charge in [-0.05, 0) is 6.42 Å². The van der Waals surface area contributed by atoms with Crippen LogP contribution in [-0.2, 0) is 12.9 Å². The molecule has 4 heteroatoms. The van der Waals surface area contributed by atoms with E-state index in [9.17, 15) is 0 Å². The van der Waals surface area contributed by atoms with Gasteiger partial charge in [-0.3, -0.25) is 0 Å². The molecule has 0 aromatic carbocycles. The molecule has 0 aliphatic heterocycles. The van der Waals surface area contributed by atoms with Crippen LogP contribution in [0.25, 0.3) is 0 Å². The molecule has 68 valence electrons. The van der Waals surface area contributed by atoms with Gasteiger partial charge in [0, 0.05) is 12.8 Å². The summed E-state index contributed by atoms with van der Waals surface area (Å²) in [4.78, 5) is 4.27. The van der Waals surface area contributed by atoms with Crippen LogP contribution >= 0.6 is 23.4 Å². The molecule has 0 spiro atoms. The summed E-state index contributed by atoms with van der Waals surface area (Å²) in [6.45, 7) is 2.17. The van der Waals surface area contributed by atoms with Crippen molar-refractivity contribution in [3.8, 4) is 0 Å². The second-order valence-electron chi connectivity index (χ2n) is 2.57. The number of nitrogens with zero attached hydrogens (tertiary/aromatic N) is 2. The maximum absolute atomic E-state index is 5.71. The molecule has 0 fully saturated rings. The van der Waals surface area contributed by atoms with E-state index in [4.69, 9.17) is 11.6 Å². The Morgan fingerprint density at radius 1 is 1.67 bits per heavy atom. The molecule has 2 nitrogen and oxygen atoms in total. The molecule has 0 radical (unpaired) electrons. The Labute approximate surface area is 82.3 Å². The minimum absolute atomic E-state index is 0.538. The van der Waals surface area contributed by atoms with Gasteiger partial charge in [0.15, 0.2) is 5.16 Å². The lowest BCUT2D eigenvalue weighted by Crippen LogP contribution is -1.95. The highest BCUT2D eigenvalue weighted by atomic mass is 35.5. The highest BCUT2D eigenvalue weighted by Crippen LogP contribution is 2.18. The Bertz CT molecular complexity index is 247. The van der Waals surface area contributed by atoms with Crippen LogP contribution in [0.4, 0.5) is 0 Å². The number of alkyl halides is 1. The Balaban J connectivity index is 2.66. The van der Waals surface area contributed by atoms with Crippen molar-refractivity contribution in [2.24, 2.45) is 7.05 Å². The maximum atomic E-state index is 5.71. The van der Waals surface area contributed by atoms with Crippen LogP contribution in [-0.4, -0.2) is 15.3 Å². The van der Waals surface area contributed by atoms with Gasteiger partial charge >= 0.3 is 0 Å². The molecule has 0 aliphatic rings. The zero-order chi connectivity index (χ0) is 8.97. The highest BCUT2D eigenvalue weighted by Gasteiger charge is 2.04. The predicted octanol–water partition coefficient (Wildman–Crippen LogP) is 2.66. The van der Waals surface area contributed by atoms with Gasteiger partial charge in [-0.15, -0.1) is 11.6 Å². The second-order valence-corrected chi connectivity index (χ2v) is 3.90. The molecule has 1 aromatic rings. The van der Waals surface area contributed by atoms with E-state index in [1.807, 2.05) is 17.8 Å². The summed E-state index contributed by atoms with van der Waals surface area (Å²) in [6, 6.07) is 0. The summed E-state index contributed by atoms with van der Waals surface area (Å²) in [5, 5.41) is 1.06. The largest absolute Gasteiger partial charge is 0.325 e. The quantitative estimate of drug-likeness (QED) is 0.555. The first-order chi connectivity index (χ1) is 5.79. The summed E-state index contributed by atoms with van der Waals surface area (Å²) in [7, 11) is 2.00. The molecular formula is C8H13ClN2S. The van der Waals surface area contributed by atoms with Gasteiger partial charge in [-0.25, -0.2) is 4.98 Å². The van der Waals surface area contributed by atoms with E-state index in [2.05, 4.69) is 11.9 Å². The molecule has 1 rings (SSSR count). The average molecular weight is 205 g/mol. The Kier molecular flexibility index (Phi) is 3.95. The van der Waals surface area contributed by atoms with Crippen molar-refractivity contribution in [3.05, 3.63) is 11.9 Å². The molecular weight excluding hydrogens is 192 g/mol. The second kappa shape index (κ2) is 4.77. The zero-order valence-electron chi connectivity index (χ0n) is 7.38. The molecule has 0 unspecified atom stereocenters. The van der Waals surface area contributed by atoms with Crippen LogP contribution in [0.5, 0.6) is 0 Å². The Morgan fingerprint density at radius 3 is 2.92 bits per heavy atom. The average Bonchev–Trinajstić information content (AvgIpc) is 2.43. The minimum atomic E-state index is 0.538. The number of thioether (sulfide) groups is 1. The van der Waals surface area contributed by atoms with Crippen molar-refractivity contribution >= 4 is 23.4 Å². The van der Waals surface area contributed by atoms with Crippen LogP contribution in [0.1, 0.15) is 19.0 Å². The first-order valence-corrected chi connectivity index (χ1v) is 5.51. The predicted molar refractivity (Wildman–Crippen MR) is 53.8 cm³/mol. The monoisotopic (exact) mass is 204 g/mol. The fraction of sp³-hybridized carbons (Fsp3) is 0.625. The van der Waals surface area contributed by atoms with E-state index in [-0.39, 0.29) is 0 Å². The fourth-order valence-electron chi connectivity index (χ4n) is 0.877. The van der Waals surface area contributed by atoms with Crippen molar-refractivity contribution in [1.82, 2.24) is 9.55 Å². The summed E-state index contributed by atoms with van der Waals surface area (Å²) in [5.74, 6) is 1.66. The standard InChI is InChI=1S/C8H13ClN2S/c1-3-4-12-8-10-6-7(5-9)11(8)2/h6H,3-5H2,1-2H3. The first kappa shape index (κ1) is 9.93. The summed E-state index contributed by atoms with van der Waals surface area (Å²) < 4.78 is 2.05. The van der Waals surface area contributed by atoms with E-state index in [1.165, 1.54) is 6.42 Å². The van der Waals surface area contributed by atoms with Crippen LogP contribution in [0, 0.1) is 0 Å². The molecule has 0 atom stereocenters. The summed E-state index contributed by atoms with van der Waals surface area (Å²) >= 11 is 7.49. The van der Waals surface area contributed by atoms with Crippen molar-refractivity contribution in [2.75, 3.05) is 5.75 Å². The lowest BCUT2D eigenvalue weighted by atomic mass is 10.5. The normalized spacial score (nSPS) is 10.6. The molecule has 0 bridgehead atoms. The van der Waals surface area contributed by atoms with Crippen LogP contribution in [0.2, 0.25) is 0 Å². The zero-order valence-corrected chi connectivity index (χ0v) is 8.95. The Morgan fingerprint density at radius 2 is 2.42 bits per heavy atom. The van der Waals surface area contributed by atoms with Crippen LogP contribution < -0.4 is 0 Å². The van der Waals surface area contributed by atoms with Gasteiger partial charge in [0.1, 0.15) is 0 Å². The first-order valence-electron chi connectivity index (χ1n) is 3.99. The minimum Gasteiger partial charge on any atom is -0.325 e. The SMILES string of the molecule is CCCSc1ncc(CCl)n1C. The number of halogens is 1. The number of imidazole rings is 1. The molecule has 0 saturated carbocycles. The molecule has 1 heterocycles. The fourth-order valence-corrected chi connectivity index (χ4v) is 1.95. The van der Waals surface area contributed by atoms with Gasteiger partial charge in [0.05, 0.1) is 17.8 Å². The molecule has 0 amide bonds. The highest BCUT2D eigenvalue weighted by molar-refractivity contribution is 7.99. The van der Waals surface area contributed by atoms with E-state index in [1.54, 1.807) is 11.8 Å². The van der Waals surface area contributed by atoms with Crippen molar-refractivity contribution in [2.45, 2.75) is 24.4 Å². The van der Waals surface area contributed by atoms with Crippen molar-refractivity contribution in [3.63, 3.8) is 0 Å². The van der Waals surface area contributed by atoms with E-state index >= 15 is 0 Å². The lowest BCUT2D eigenvalue weighted by Gasteiger charge is -2.01. The van der Waals surface area contributed by atoms with Crippen molar-refractivity contribution in [1.29, 1.82) is 0 Å². The van der Waals surface area contributed by atoms with Gasteiger partial charge in [0.25, 0.3) is 0 Å². The number of hydrogen-bond acceptors (Lipinski definition) is 2. The molecule has 1 aromatic heterocycles. The van der Waals surface area contributed by atoms with Gasteiger partial charge in [0.2, 0.25) is 0 Å². The van der Waals surface area contributed by atoms with Crippen molar-refractivity contribution < 1.29 is 0 Å². The third-order valence-electron chi connectivity index (χ3n) is 1.61. The third kappa shape index (κ3) is 2.17. The van der Waals surface area contributed by atoms with Gasteiger partial charge < -0.3 is 4.57 Å². The smallest absolute Gasteiger partial charge is 0.167 e. The van der Waals surface area contributed by atoms with E-state index in [0.29, 0.717) is 5.88 Å². The van der Waals surface area contributed by atoms with Crippen LogP contribution in [0.15, 0.2) is 11.4 Å².